The summed E-state index contributed by atoms with van der Waals surface area (Å²) in [4.78, 5) is 10.4. The number of rotatable bonds is 1. The van der Waals surface area contributed by atoms with E-state index in [0.29, 0.717) is 0 Å². The van der Waals surface area contributed by atoms with Gasteiger partial charge in [0.25, 0.3) is 0 Å². The van der Waals surface area contributed by atoms with E-state index in [1.807, 2.05) is 0 Å². The van der Waals surface area contributed by atoms with Gasteiger partial charge in [-0.1, -0.05) is 0 Å². The molecule has 0 saturated carbocycles. The van der Waals surface area contributed by atoms with Gasteiger partial charge in [-0.25, -0.2) is 0 Å². The summed E-state index contributed by atoms with van der Waals surface area (Å²) in [6.45, 7) is 1.55. The number of nitriles is 1. The lowest BCUT2D eigenvalue weighted by Gasteiger charge is -1.96. The Morgan fingerprint density at radius 2 is 2.38 bits per heavy atom. The average Bonchev–Trinajstić information content (AvgIpc) is 1.84. The molecule has 0 fully saturated rings. The van der Waals surface area contributed by atoms with E-state index in [9.17, 15) is 4.79 Å². The van der Waals surface area contributed by atoms with Crippen LogP contribution in [0, 0.1) is 17.2 Å². The Balaban J connectivity index is 3.68. The van der Waals surface area contributed by atoms with Crippen LogP contribution in [0.25, 0.3) is 0 Å². The topological polar surface area (TPSA) is 52.9 Å². The molecule has 0 aromatic heterocycles. The Morgan fingerprint density at radius 3 is 2.50 bits per heavy atom. The number of hydrogen-bond acceptors (Lipinski definition) is 2. The molecule has 3 heteroatoms. The first-order valence-electron chi connectivity index (χ1n) is 2.33. The van der Waals surface area contributed by atoms with Crippen molar-refractivity contribution in [1.29, 1.82) is 5.26 Å². The minimum atomic E-state index is -0.528. The van der Waals surface area contributed by atoms with Crippen LogP contribution in [0.1, 0.15) is 6.92 Å². The summed E-state index contributed by atoms with van der Waals surface area (Å²) < 4.78 is 0. The summed E-state index contributed by atoms with van der Waals surface area (Å²) in [5, 5.41) is 10.5. The number of carbonyl (C=O) groups excluding carboxylic acids is 1. The Labute approximate surface area is 48.3 Å². The largest absolute Gasteiger partial charge is 0.358 e. The fourth-order valence-electron chi connectivity index (χ4n) is 0.275. The van der Waals surface area contributed by atoms with E-state index in [2.05, 4.69) is 5.32 Å². The van der Waals surface area contributed by atoms with E-state index < -0.39 is 5.92 Å². The quantitative estimate of drug-likeness (QED) is 0.514. The van der Waals surface area contributed by atoms with Gasteiger partial charge < -0.3 is 5.32 Å². The maximum absolute atomic E-state index is 10.4. The summed E-state index contributed by atoms with van der Waals surface area (Å²) >= 11 is 0. The van der Waals surface area contributed by atoms with Crippen LogP contribution in [0.5, 0.6) is 0 Å². The second kappa shape index (κ2) is 3.03. The highest BCUT2D eigenvalue weighted by molar-refractivity contribution is 5.80. The van der Waals surface area contributed by atoms with Crippen LogP contribution in [0.3, 0.4) is 0 Å². The lowest BCUT2D eigenvalue weighted by Crippen LogP contribution is -2.23. The Bertz CT molecular complexity index is 125. The highest BCUT2D eigenvalue weighted by Gasteiger charge is 2.06. The molecule has 0 radical (unpaired) electrons. The van der Waals surface area contributed by atoms with Gasteiger partial charge in [-0.3, -0.25) is 4.79 Å². The SMILES string of the molecule is CNC(=O)C(C)C#N. The fraction of sp³-hybridized carbons (Fsp3) is 0.600. The summed E-state index contributed by atoms with van der Waals surface area (Å²) in [6, 6.07) is 1.80. The first-order valence-corrected chi connectivity index (χ1v) is 2.33. The van der Waals surface area contributed by atoms with Gasteiger partial charge in [0, 0.05) is 7.05 Å². The molecule has 3 nitrogen and oxygen atoms in total. The molecule has 0 aromatic carbocycles. The summed E-state index contributed by atoms with van der Waals surface area (Å²) in [5.41, 5.74) is 0. The molecule has 0 spiro atoms. The van der Waals surface area contributed by atoms with Crippen molar-refractivity contribution in [2.24, 2.45) is 5.92 Å². The van der Waals surface area contributed by atoms with Gasteiger partial charge in [-0.15, -0.1) is 0 Å². The molecule has 1 N–H and O–H groups in total. The molecule has 1 atom stereocenters. The molecule has 0 heterocycles. The predicted molar refractivity (Wildman–Crippen MR) is 28.8 cm³/mol. The van der Waals surface area contributed by atoms with Crippen molar-refractivity contribution < 1.29 is 4.79 Å². The second-order valence-corrected chi connectivity index (χ2v) is 1.47. The highest BCUT2D eigenvalue weighted by atomic mass is 16.1. The molecule has 44 valence electrons. The van der Waals surface area contributed by atoms with Gasteiger partial charge in [-0.05, 0) is 6.92 Å². The molecule has 0 aromatic rings. The number of carbonyl (C=O) groups is 1. The molecular formula is C5H8N2O. The van der Waals surface area contributed by atoms with Gasteiger partial charge >= 0.3 is 0 Å². The Morgan fingerprint density at radius 1 is 1.88 bits per heavy atom. The van der Waals surface area contributed by atoms with Gasteiger partial charge in [0.15, 0.2) is 0 Å². The van der Waals surface area contributed by atoms with Gasteiger partial charge in [0.2, 0.25) is 5.91 Å². The minimum absolute atomic E-state index is 0.229. The van der Waals surface area contributed by atoms with Gasteiger partial charge in [0.1, 0.15) is 5.92 Å². The molecule has 8 heavy (non-hydrogen) atoms. The van der Waals surface area contributed by atoms with Crippen molar-refractivity contribution >= 4 is 5.91 Å². The predicted octanol–water partition coefficient (Wildman–Crippen LogP) is -0.108. The first kappa shape index (κ1) is 6.96. The second-order valence-electron chi connectivity index (χ2n) is 1.47. The fourth-order valence-corrected chi connectivity index (χ4v) is 0.275. The number of amides is 1. The van der Waals surface area contributed by atoms with Crippen LogP contribution >= 0.6 is 0 Å². The molecule has 1 unspecified atom stereocenters. The average molecular weight is 112 g/mol. The Kier molecular flexibility index (Phi) is 2.63. The molecule has 0 rings (SSSR count). The van der Waals surface area contributed by atoms with E-state index in [1.165, 1.54) is 7.05 Å². The lowest BCUT2D eigenvalue weighted by atomic mass is 10.2. The van der Waals surface area contributed by atoms with E-state index in [0.717, 1.165) is 0 Å². The third kappa shape index (κ3) is 1.61. The number of hydrogen-bond donors (Lipinski definition) is 1. The summed E-state index contributed by atoms with van der Waals surface area (Å²) in [5.74, 6) is -0.757. The van der Waals surface area contributed by atoms with Crippen molar-refractivity contribution in [3.05, 3.63) is 0 Å². The van der Waals surface area contributed by atoms with E-state index >= 15 is 0 Å². The zero-order valence-electron chi connectivity index (χ0n) is 4.93. The zero-order valence-corrected chi connectivity index (χ0v) is 4.93. The van der Waals surface area contributed by atoms with Crippen molar-refractivity contribution in [2.45, 2.75) is 6.92 Å². The van der Waals surface area contributed by atoms with Crippen molar-refractivity contribution in [3.63, 3.8) is 0 Å². The maximum Gasteiger partial charge on any atom is 0.236 e. The van der Waals surface area contributed by atoms with Crippen LogP contribution in [0.4, 0.5) is 0 Å². The highest BCUT2D eigenvalue weighted by Crippen LogP contribution is 1.87. The van der Waals surface area contributed by atoms with Crippen LogP contribution in [0.15, 0.2) is 0 Å². The monoisotopic (exact) mass is 112 g/mol. The third-order valence-corrected chi connectivity index (χ3v) is 0.833. The van der Waals surface area contributed by atoms with Crippen LogP contribution in [-0.2, 0) is 4.79 Å². The molecular weight excluding hydrogens is 104 g/mol. The lowest BCUT2D eigenvalue weighted by molar-refractivity contribution is -0.122. The van der Waals surface area contributed by atoms with Crippen LogP contribution in [0.2, 0.25) is 0 Å². The van der Waals surface area contributed by atoms with E-state index in [4.69, 9.17) is 5.26 Å². The molecule has 0 aliphatic heterocycles. The summed E-state index contributed by atoms with van der Waals surface area (Å²) in [6.07, 6.45) is 0. The van der Waals surface area contributed by atoms with Crippen molar-refractivity contribution in [2.75, 3.05) is 7.05 Å². The van der Waals surface area contributed by atoms with E-state index in [-0.39, 0.29) is 5.91 Å². The normalized spacial score (nSPS) is 11.6. The Hall–Kier alpha value is -1.04. The third-order valence-electron chi connectivity index (χ3n) is 0.833. The molecule has 0 aliphatic carbocycles. The minimum Gasteiger partial charge on any atom is -0.358 e. The van der Waals surface area contributed by atoms with Crippen molar-refractivity contribution in [3.8, 4) is 6.07 Å². The summed E-state index contributed by atoms with van der Waals surface area (Å²) in [7, 11) is 1.51. The molecule has 0 aliphatic rings. The number of nitrogens with one attached hydrogen (secondary N) is 1. The van der Waals surface area contributed by atoms with Gasteiger partial charge in [0.05, 0.1) is 6.07 Å². The first-order chi connectivity index (χ1) is 3.72. The standard InChI is InChI=1S/C5H8N2O/c1-4(3-6)5(8)7-2/h4H,1-2H3,(H,7,8). The van der Waals surface area contributed by atoms with Gasteiger partial charge in [-0.2, -0.15) is 5.26 Å². The molecule has 1 amide bonds. The molecule has 0 bridgehead atoms. The zero-order chi connectivity index (χ0) is 6.57. The van der Waals surface area contributed by atoms with E-state index in [1.54, 1.807) is 13.0 Å². The van der Waals surface area contributed by atoms with Crippen LogP contribution < -0.4 is 5.32 Å². The smallest absolute Gasteiger partial charge is 0.236 e. The maximum atomic E-state index is 10.4. The van der Waals surface area contributed by atoms with Crippen molar-refractivity contribution in [1.82, 2.24) is 5.32 Å². The number of nitrogens with zero attached hydrogens (tertiary/aromatic N) is 1. The molecule has 0 saturated heterocycles. The van der Waals surface area contributed by atoms with Crippen LogP contribution in [-0.4, -0.2) is 13.0 Å².